The third-order valence-corrected chi connectivity index (χ3v) is 6.33. The van der Waals surface area contributed by atoms with Crippen LogP contribution in [0.4, 0.5) is 4.39 Å². The highest BCUT2D eigenvalue weighted by atomic mass is 32.2. The summed E-state index contributed by atoms with van der Waals surface area (Å²) in [5, 5.41) is 12.2. The Morgan fingerprint density at radius 3 is 2.55 bits per heavy atom. The van der Waals surface area contributed by atoms with Gasteiger partial charge in [0, 0.05) is 27.2 Å². The molecule has 1 aliphatic heterocycles. The first kappa shape index (κ1) is 17.9. The molecule has 29 heavy (non-hydrogen) atoms. The number of rotatable bonds is 2. The Morgan fingerprint density at radius 1 is 1.03 bits per heavy atom. The van der Waals surface area contributed by atoms with Crippen LogP contribution in [-0.2, 0) is 5.75 Å². The molecule has 5 rings (SSSR count). The smallest absolute Gasteiger partial charge is 0.123 e. The van der Waals surface area contributed by atoms with Crippen molar-refractivity contribution in [2.75, 3.05) is 0 Å². The van der Waals surface area contributed by atoms with E-state index < -0.39 is 11.8 Å². The summed E-state index contributed by atoms with van der Waals surface area (Å²) in [4.78, 5) is 17.6. The number of aromatic carboxylic acids is 1. The van der Waals surface area contributed by atoms with Crippen molar-refractivity contribution < 1.29 is 14.3 Å². The van der Waals surface area contributed by atoms with Gasteiger partial charge < -0.3 is 9.90 Å². The molecule has 2 heterocycles. The van der Waals surface area contributed by atoms with Gasteiger partial charge in [0.15, 0.2) is 0 Å². The van der Waals surface area contributed by atoms with Crippen LogP contribution < -0.4 is 5.11 Å². The van der Waals surface area contributed by atoms with Gasteiger partial charge in [-0.15, -0.1) is 11.8 Å². The lowest BCUT2D eigenvalue weighted by molar-refractivity contribution is -0.254. The zero-order valence-corrected chi connectivity index (χ0v) is 16.3. The molecule has 0 fully saturated rings. The fourth-order valence-corrected chi connectivity index (χ4v) is 4.90. The summed E-state index contributed by atoms with van der Waals surface area (Å²) in [6.45, 7) is 2.06. The second kappa shape index (κ2) is 6.71. The van der Waals surface area contributed by atoms with Gasteiger partial charge in [-0.25, -0.2) is 9.37 Å². The summed E-state index contributed by atoms with van der Waals surface area (Å²) in [5.74, 6) is -1.35. The third-order valence-electron chi connectivity index (χ3n) is 5.25. The monoisotopic (exact) mass is 400 g/mol. The fourth-order valence-electron chi connectivity index (χ4n) is 3.78. The van der Waals surface area contributed by atoms with Gasteiger partial charge >= 0.3 is 0 Å². The number of thioether (sulfide) groups is 1. The number of carboxylic acid groups (broad SMARTS) is 1. The molecule has 0 saturated carbocycles. The lowest BCUT2D eigenvalue weighted by Gasteiger charge is -2.24. The van der Waals surface area contributed by atoms with E-state index in [1.807, 2.05) is 12.1 Å². The molecule has 0 spiro atoms. The molecule has 3 aromatic carbocycles. The molecule has 142 valence electrons. The van der Waals surface area contributed by atoms with Crippen LogP contribution in [-0.4, -0.2) is 11.0 Å². The average Bonchev–Trinajstić information content (AvgIpc) is 2.72. The Labute approximate surface area is 171 Å². The number of hydrogen-bond donors (Lipinski definition) is 0. The molecule has 5 heteroatoms. The topological polar surface area (TPSA) is 53.0 Å². The van der Waals surface area contributed by atoms with Gasteiger partial charge in [0.1, 0.15) is 5.82 Å². The zero-order chi connectivity index (χ0) is 20.1. The molecule has 0 N–H and O–H groups in total. The molecular formula is C24H15FNO2S-. The van der Waals surface area contributed by atoms with Crippen LogP contribution >= 0.6 is 11.8 Å². The van der Waals surface area contributed by atoms with E-state index in [1.165, 1.54) is 23.8 Å². The van der Waals surface area contributed by atoms with E-state index in [0.29, 0.717) is 22.5 Å². The van der Waals surface area contributed by atoms with Gasteiger partial charge in [0.05, 0.1) is 17.2 Å². The van der Waals surface area contributed by atoms with Crippen molar-refractivity contribution in [3.8, 4) is 22.4 Å². The number of aromatic nitrogens is 1. The molecule has 0 bridgehead atoms. The van der Waals surface area contributed by atoms with Gasteiger partial charge in [0.25, 0.3) is 0 Å². The second-order valence-corrected chi connectivity index (χ2v) is 8.15. The highest BCUT2D eigenvalue weighted by Gasteiger charge is 2.24. The van der Waals surface area contributed by atoms with Crippen LogP contribution in [0.5, 0.6) is 0 Å². The van der Waals surface area contributed by atoms with E-state index in [2.05, 4.69) is 42.2 Å². The van der Waals surface area contributed by atoms with Crippen molar-refractivity contribution in [2.24, 2.45) is 0 Å². The van der Waals surface area contributed by atoms with Crippen molar-refractivity contribution in [3.05, 3.63) is 83.2 Å². The average molecular weight is 400 g/mol. The number of carbonyl (C=O) groups is 1. The summed E-state index contributed by atoms with van der Waals surface area (Å²) in [6.07, 6.45) is 0. The maximum atomic E-state index is 13.7. The Balaban J connectivity index is 1.71. The summed E-state index contributed by atoms with van der Waals surface area (Å²) in [6, 6.07) is 18.5. The number of aryl methyl sites for hydroxylation is 1. The van der Waals surface area contributed by atoms with E-state index in [9.17, 15) is 14.3 Å². The van der Waals surface area contributed by atoms with Gasteiger partial charge in [-0.3, -0.25) is 0 Å². The van der Waals surface area contributed by atoms with Crippen LogP contribution in [0, 0.1) is 12.7 Å². The molecule has 0 amide bonds. The SMILES string of the molecule is Cc1ccc(-c2ccc3c(c2)SCc2c-3nc3ccc(F)cc3c2C(=O)[O-])cc1. The molecule has 0 atom stereocenters. The largest absolute Gasteiger partial charge is 0.545 e. The van der Waals surface area contributed by atoms with E-state index in [1.54, 1.807) is 11.8 Å². The number of fused-ring (bicyclic) bond motifs is 4. The predicted octanol–water partition coefficient (Wildman–Crippen LogP) is 4.99. The molecule has 0 aliphatic carbocycles. The summed E-state index contributed by atoms with van der Waals surface area (Å²) in [5.41, 5.74) is 6.02. The lowest BCUT2D eigenvalue weighted by Crippen LogP contribution is -2.25. The van der Waals surface area contributed by atoms with Gasteiger partial charge in [-0.1, -0.05) is 42.0 Å². The van der Waals surface area contributed by atoms with Crippen molar-refractivity contribution >= 4 is 28.6 Å². The van der Waals surface area contributed by atoms with Crippen LogP contribution in [0.3, 0.4) is 0 Å². The third kappa shape index (κ3) is 2.98. The van der Waals surface area contributed by atoms with Crippen LogP contribution in [0.25, 0.3) is 33.3 Å². The molecule has 1 aliphatic rings. The molecule has 0 unspecified atom stereocenters. The Morgan fingerprint density at radius 2 is 1.79 bits per heavy atom. The number of hydrogen-bond acceptors (Lipinski definition) is 4. The Kier molecular flexibility index (Phi) is 4.14. The van der Waals surface area contributed by atoms with Crippen LogP contribution in [0.1, 0.15) is 21.5 Å². The van der Waals surface area contributed by atoms with Gasteiger partial charge in [0.2, 0.25) is 0 Å². The summed E-state index contributed by atoms with van der Waals surface area (Å²) in [7, 11) is 0. The molecule has 4 aromatic rings. The van der Waals surface area contributed by atoms with Crippen molar-refractivity contribution in [1.82, 2.24) is 4.98 Å². The normalized spacial score (nSPS) is 12.5. The molecule has 0 saturated heterocycles. The quantitative estimate of drug-likeness (QED) is 0.476. The fraction of sp³-hybridized carbons (Fsp3) is 0.0833. The van der Waals surface area contributed by atoms with Crippen molar-refractivity contribution in [2.45, 2.75) is 17.6 Å². The van der Waals surface area contributed by atoms with Gasteiger partial charge in [-0.2, -0.15) is 0 Å². The number of pyridine rings is 1. The molecule has 1 aromatic heterocycles. The van der Waals surface area contributed by atoms with E-state index >= 15 is 0 Å². The first-order valence-corrected chi connectivity index (χ1v) is 10.2. The Hall–Kier alpha value is -3.18. The van der Waals surface area contributed by atoms with E-state index in [-0.39, 0.29) is 10.9 Å². The molecular weight excluding hydrogens is 385 g/mol. The maximum Gasteiger partial charge on any atom is 0.123 e. The van der Waals surface area contributed by atoms with E-state index in [0.717, 1.165) is 21.6 Å². The van der Waals surface area contributed by atoms with Crippen molar-refractivity contribution in [3.63, 3.8) is 0 Å². The van der Waals surface area contributed by atoms with Gasteiger partial charge in [-0.05, 0) is 47.9 Å². The minimum absolute atomic E-state index is 0.0326. The first-order chi connectivity index (χ1) is 14.0. The van der Waals surface area contributed by atoms with Crippen LogP contribution in [0.2, 0.25) is 0 Å². The second-order valence-electron chi connectivity index (χ2n) is 7.13. The highest BCUT2D eigenvalue weighted by Crippen LogP contribution is 2.44. The molecule has 3 nitrogen and oxygen atoms in total. The summed E-state index contributed by atoms with van der Waals surface area (Å²) >= 11 is 1.56. The number of carboxylic acids is 1. The number of nitrogens with zero attached hydrogens (tertiary/aromatic N) is 1. The van der Waals surface area contributed by atoms with Crippen LogP contribution in [0.15, 0.2) is 65.6 Å². The first-order valence-electron chi connectivity index (χ1n) is 9.19. The lowest BCUT2D eigenvalue weighted by atomic mass is 9.95. The minimum atomic E-state index is -1.31. The maximum absolute atomic E-state index is 13.7. The standard InChI is InChI=1S/C24H16FNO2S/c1-13-2-4-14(5-3-13)15-6-8-17-21(10-15)29-12-19-22(24(27)28)18-11-16(25)7-9-20(18)26-23(17)19/h2-11H,12H2,1H3,(H,27,28)/p-1. The van der Waals surface area contributed by atoms with Crippen molar-refractivity contribution in [1.29, 1.82) is 0 Å². The van der Waals surface area contributed by atoms with E-state index in [4.69, 9.17) is 0 Å². The number of carbonyl (C=O) groups excluding carboxylic acids is 1. The molecule has 0 radical (unpaired) electrons. The zero-order valence-electron chi connectivity index (χ0n) is 15.5. The number of benzene rings is 3. The highest BCUT2D eigenvalue weighted by molar-refractivity contribution is 7.98. The number of halogens is 1. The minimum Gasteiger partial charge on any atom is -0.545 e. The Bertz CT molecular complexity index is 1300. The summed E-state index contributed by atoms with van der Waals surface area (Å²) < 4.78 is 13.7. The predicted molar refractivity (Wildman–Crippen MR) is 111 cm³/mol.